The molecule has 0 aromatic heterocycles. The predicted octanol–water partition coefficient (Wildman–Crippen LogP) is 3.02. The molecule has 0 atom stereocenters. The molecule has 7 nitrogen and oxygen atoms in total. The normalized spacial score (nSPS) is 12.5. The molecule has 0 fully saturated rings. The summed E-state index contributed by atoms with van der Waals surface area (Å²) in [7, 11) is 1.38. The quantitative estimate of drug-likeness (QED) is 0.689. The summed E-state index contributed by atoms with van der Waals surface area (Å²) in [4.78, 5) is 22.7. The summed E-state index contributed by atoms with van der Waals surface area (Å²) in [5.41, 5.74) is 1.52. The van der Waals surface area contributed by atoms with E-state index in [1.165, 1.54) is 25.3 Å². The lowest BCUT2D eigenvalue weighted by atomic mass is 10.1. The Bertz CT molecular complexity index is 845. The van der Waals surface area contributed by atoms with Gasteiger partial charge in [-0.3, -0.25) is 14.9 Å². The van der Waals surface area contributed by atoms with Gasteiger partial charge in [-0.05, 0) is 18.2 Å². The fraction of sp³-hybridized carbons (Fsp3) is 0.118. The number of hydrogen-bond acceptors (Lipinski definition) is 5. The van der Waals surface area contributed by atoms with E-state index >= 15 is 0 Å². The molecule has 1 aliphatic rings. The van der Waals surface area contributed by atoms with Gasteiger partial charge in [-0.2, -0.15) is 0 Å². The van der Waals surface area contributed by atoms with Crippen LogP contribution in [0, 0.1) is 10.1 Å². The zero-order valence-electron chi connectivity index (χ0n) is 12.8. The Morgan fingerprint density at radius 3 is 2.83 bits per heavy atom. The van der Waals surface area contributed by atoms with Crippen molar-refractivity contribution in [3.8, 4) is 11.5 Å². The van der Waals surface area contributed by atoms with Crippen LogP contribution in [0.5, 0.6) is 11.5 Å². The number of anilines is 1. The number of carbonyl (C=O) groups is 1. The Labute approximate surface area is 137 Å². The number of para-hydroxylation sites is 1. The minimum Gasteiger partial charge on any atom is -0.494 e. The molecule has 0 unspecified atom stereocenters. The highest BCUT2D eigenvalue weighted by molar-refractivity contribution is 6.08. The summed E-state index contributed by atoms with van der Waals surface area (Å²) in [6.45, 7) is 0.151. The van der Waals surface area contributed by atoms with Gasteiger partial charge in [0.2, 0.25) is 0 Å². The average Bonchev–Trinajstić information content (AvgIpc) is 2.61. The van der Waals surface area contributed by atoms with Crippen molar-refractivity contribution in [2.75, 3.05) is 19.0 Å². The van der Waals surface area contributed by atoms with Crippen molar-refractivity contribution in [3.05, 3.63) is 63.7 Å². The van der Waals surface area contributed by atoms with E-state index in [0.29, 0.717) is 11.3 Å². The molecule has 1 heterocycles. The van der Waals surface area contributed by atoms with Crippen LogP contribution in [-0.2, 0) is 4.79 Å². The topological polar surface area (TPSA) is 90.7 Å². The average molecular weight is 326 g/mol. The number of rotatable bonds is 4. The molecule has 3 rings (SSSR count). The largest absolute Gasteiger partial charge is 0.494 e. The Balaban J connectivity index is 1.83. The van der Waals surface area contributed by atoms with E-state index in [1.807, 2.05) is 24.3 Å². The highest BCUT2D eigenvalue weighted by atomic mass is 16.6. The van der Waals surface area contributed by atoms with Gasteiger partial charge in [0.1, 0.15) is 18.1 Å². The molecule has 122 valence electrons. The van der Waals surface area contributed by atoms with Gasteiger partial charge in [-0.15, -0.1) is 0 Å². The van der Waals surface area contributed by atoms with Crippen LogP contribution >= 0.6 is 0 Å². The number of nitrogens with zero attached hydrogens (tertiary/aromatic N) is 1. The molecule has 0 saturated heterocycles. The molecular formula is C17H14N2O5. The molecule has 1 N–H and O–H groups in total. The maximum absolute atomic E-state index is 12.4. The highest BCUT2D eigenvalue weighted by Crippen LogP contribution is 2.30. The first-order chi connectivity index (χ1) is 11.6. The lowest BCUT2D eigenvalue weighted by molar-refractivity contribution is -0.384. The van der Waals surface area contributed by atoms with Crippen LogP contribution < -0.4 is 14.8 Å². The minimum absolute atomic E-state index is 0.112. The predicted molar refractivity (Wildman–Crippen MR) is 88.2 cm³/mol. The Morgan fingerprint density at radius 1 is 1.29 bits per heavy atom. The minimum atomic E-state index is -0.525. The van der Waals surface area contributed by atoms with Gasteiger partial charge in [0, 0.05) is 11.6 Å². The lowest BCUT2D eigenvalue weighted by Gasteiger charge is -2.18. The number of nitro groups is 1. The molecule has 0 saturated carbocycles. The summed E-state index contributed by atoms with van der Waals surface area (Å²) in [5, 5.41) is 13.5. The number of hydrogen-bond donors (Lipinski definition) is 1. The maximum atomic E-state index is 12.4. The summed E-state index contributed by atoms with van der Waals surface area (Å²) in [6.07, 6.45) is 1.76. The standard InChI is InChI=1S/C17H14N2O5/c1-23-16-9-13(19(21)22)6-7-14(16)18-17(20)12-8-11-4-2-3-5-15(11)24-10-12/h2-9H,10H2,1H3,(H,18,20). The van der Waals surface area contributed by atoms with Gasteiger partial charge in [-0.1, -0.05) is 18.2 Å². The molecule has 0 radical (unpaired) electrons. The van der Waals surface area contributed by atoms with Gasteiger partial charge in [0.25, 0.3) is 11.6 Å². The number of amides is 1. The third kappa shape index (κ3) is 3.05. The highest BCUT2D eigenvalue weighted by Gasteiger charge is 2.19. The maximum Gasteiger partial charge on any atom is 0.273 e. The number of carbonyl (C=O) groups excluding carboxylic acids is 1. The number of nitrogens with one attached hydrogen (secondary N) is 1. The van der Waals surface area contributed by atoms with Crippen LogP contribution in [0.15, 0.2) is 48.0 Å². The van der Waals surface area contributed by atoms with Crippen LogP contribution in [0.2, 0.25) is 0 Å². The fourth-order valence-corrected chi connectivity index (χ4v) is 2.35. The van der Waals surface area contributed by atoms with Crippen molar-refractivity contribution in [2.45, 2.75) is 0 Å². The molecule has 0 aliphatic carbocycles. The molecule has 24 heavy (non-hydrogen) atoms. The molecule has 1 amide bonds. The number of ether oxygens (including phenoxy) is 2. The Kier molecular flexibility index (Phi) is 4.15. The van der Waals surface area contributed by atoms with E-state index in [-0.39, 0.29) is 24.0 Å². The number of fused-ring (bicyclic) bond motifs is 1. The van der Waals surface area contributed by atoms with Crippen LogP contribution in [0.3, 0.4) is 0 Å². The van der Waals surface area contributed by atoms with Crippen LogP contribution in [0.25, 0.3) is 6.08 Å². The van der Waals surface area contributed by atoms with Gasteiger partial charge in [0.05, 0.1) is 29.4 Å². The SMILES string of the molecule is COc1cc([N+](=O)[O-])ccc1NC(=O)C1=Cc2ccccc2OC1. The number of benzene rings is 2. The van der Waals surface area contributed by atoms with Crippen LogP contribution in [0.4, 0.5) is 11.4 Å². The third-order valence-electron chi connectivity index (χ3n) is 3.57. The van der Waals surface area contributed by atoms with Gasteiger partial charge in [0.15, 0.2) is 0 Å². The van der Waals surface area contributed by atoms with Crippen molar-refractivity contribution in [1.82, 2.24) is 0 Å². The second kappa shape index (κ2) is 6.41. The van der Waals surface area contributed by atoms with Crippen molar-refractivity contribution in [3.63, 3.8) is 0 Å². The number of nitro benzene ring substituents is 1. The smallest absolute Gasteiger partial charge is 0.273 e. The molecular weight excluding hydrogens is 312 g/mol. The Hall–Kier alpha value is -3.35. The van der Waals surface area contributed by atoms with Crippen LogP contribution in [0.1, 0.15) is 5.56 Å². The molecule has 2 aromatic rings. The first-order valence-electron chi connectivity index (χ1n) is 7.14. The van der Waals surface area contributed by atoms with Crippen molar-refractivity contribution in [1.29, 1.82) is 0 Å². The number of methoxy groups -OCH3 is 1. The molecule has 2 aromatic carbocycles. The van der Waals surface area contributed by atoms with E-state index in [0.717, 1.165) is 11.3 Å². The zero-order valence-corrected chi connectivity index (χ0v) is 12.8. The first-order valence-corrected chi connectivity index (χ1v) is 7.14. The molecule has 1 aliphatic heterocycles. The van der Waals surface area contributed by atoms with Crippen molar-refractivity contribution < 1.29 is 19.2 Å². The summed E-state index contributed by atoms with van der Waals surface area (Å²) < 4.78 is 10.7. The van der Waals surface area contributed by atoms with Gasteiger partial charge >= 0.3 is 0 Å². The summed E-state index contributed by atoms with van der Waals surface area (Å²) in [5.74, 6) is 0.592. The Morgan fingerprint density at radius 2 is 2.08 bits per heavy atom. The first kappa shape index (κ1) is 15.5. The third-order valence-corrected chi connectivity index (χ3v) is 3.57. The van der Waals surface area contributed by atoms with Crippen LogP contribution in [-0.4, -0.2) is 24.5 Å². The van der Waals surface area contributed by atoms with Crippen molar-refractivity contribution in [2.24, 2.45) is 0 Å². The van der Waals surface area contributed by atoms with E-state index in [1.54, 1.807) is 6.08 Å². The lowest BCUT2D eigenvalue weighted by Crippen LogP contribution is -2.21. The van der Waals surface area contributed by atoms with Crippen molar-refractivity contribution >= 4 is 23.4 Å². The zero-order chi connectivity index (χ0) is 17.1. The molecule has 7 heteroatoms. The monoisotopic (exact) mass is 326 g/mol. The number of non-ortho nitro benzene ring substituents is 1. The van der Waals surface area contributed by atoms with Gasteiger partial charge in [-0.25, -0.2) is 0 Å². The second-order valence-electron chi connectivity index (χ2n) is 5.09. The van der Waals surface area contributed by atoms with E-state index in [4.69, 9.17) is 9.47 Å². The van der Waals surface area contributed by atoms with Gasteiger partial charge < -0.3 is 14.8 Å². The molecule has 0 bridgehead atoms. The second-order valence-corrected chi connectivity index (χ2v) is 5.09. The van der Waals surface area contributed by atoms with E-state index in [2.05, 4.69) is 5.32 Å². The fourth-order valence-electron chi connectivity index (χ4n) is 2.35. The summed E-state index contributed by atoms with van der Waals surface area (Å²) >= 11 is 0. The van der Waals surface area contributed by atoms with E-state index < -0.39 is 4.92 Å². The van der Waals surface area contributed by atoms with E-state index in [9.17, 15) is 14.9 Å². The summed E-state index contributed by atoms with van der Waals surface area (Å²) in [6, 6.07) is 11.4. The molecule has 0 spiro atoms.